The second-order valence-corrected chi connectivity index (χ2v) is 7.10. The molecule has 0 aliphatic heterocycles. The summed E-state index contributed by atoms with van der Waals surface area (Å²) in [5.41, 5.74) is 5.35. The van der Waals surface area contributed by atoms with Crippen molar-refractivity contribution in [1.29, 1.82) is 0 Å². The van der Waals surface area contributed by atoms with Gasteiger partial charge in [-0.2, -0.15) is 5.10 Å². The van der Waals surface area contributed by atoms with Crippen LogP contribution in [0.5, 0.6) is 0 Å². The van der Waals surface area contributed by atoms with Gasteiger partial charge in [-0.25, -0.2) is 9.48 Å². The minimum Gasteiger partial charge on any atom is -0.478 e. The number of aromatic carboxylic acids is 1. The Kier molecular flexibility index (Phi) is 4.97. The molecule has 1 heterocycles. The van der Waals surface area contributed by atoms with E-state index in [-0.39, 0.29) is 5.56 Å². The molecule has 0 aliphatic rings. The van der Waals surface area contributed by atoms with Crippen LogP contribution in [0, 0.1) is 13.8 Å². The zero-order valence-corrected chi connectivity index (χ0v) is 16.1. The Morgan fingerprint density at radius 1 is 1.20 bits per heavy atom. The number of carboxylic acid groups (broad SMARTS) is 1. The highest BCUT2D eigenvalue weighted by atomic mass is 79.9. The molecule has 3 rings (SSSR count). The average molecular weight is 420 g/mol. The molecule has 1 aromatic heterocycles. The second-order valence-electron chi connectivity index (χ2n) is 5.84. The summed E-state index contributed by atoms with van der Waals surface area (Å²) < 4.78 is 2.73. The monoisotopic (exact) mass is 418 g/mol. The van der Waals surface area contributed by atoms with Gasteiger partial charge in [0.05, 0.1) is 22.0 Å². The number of aryl methyl sites for hydroxylation is 1. The van der Waals surface area contributed by atoms with E-state index in [9.17, 15) is 4.79 Å². The van der Waals surface area contributed by atoms with E-state index in [1.807, 2.05) is 48.9 Å². The summed E-state index contributed by atoms with van der Waals surface area (Å²) in [6, 6.07) is 12.7. The zero-order chi connectivity index (χ0) is 18.1. The summed E-state index contributed by atoms with van der Waals surface area (Å²) in [5, 5.41) is 14.3. The quantitative estimate of drug-likeness (QED) is 0.633. The maximum atomic E-state index is 11.0. The molecule has 3 aromatic rings. The lowest BCUT2D eigenvalue weighted by Gasteiger charge is -2.07. The van der Waals surface area contributed by atoms with E-state index in [2.05, 4.69) is 21.0 Å². The van der Waals surface area contributed by atoms with Gasteiger partial charge in [0, 0.05) is 22.2 Å². The van der Waals surface area contributed by atoms with E-state index in [4.69, 9.17) is 16.7 Å². The van der Waals surface area contributed by atoms with Crippen LogP contribution in [0.25, 0.3) is 5.69 Å². The topological polar surface area (TPSA) is 55.1 Å². The third-order valence-electron chi connectivity index (χ3n) is 4.17. The van der Waals surface area contributed by atoms with Crippen LogP contribution >= 0.6 is 27.5 Å². The van der Waals surface area contributed by atoms with E-state index >= 15 is 0 Å². The average Bonchev–Trinajstić information content (AvgIpc) is 2.86. The summed E-state index contributed by atoms with van der Waals surface area (Å²) in [6.07, 6.45) is 0.696. The van der Waals surface area contributed by atoms with E-state index < -0.39 is 5.97 Å². The number of hydrogen-bond acceptors (Lipinski definition) is 2. The fourth-order valence-electron chi connectivity index (χ4n) is 2.77. The van der Waals surface area contributed by atoms with Gasteiger partial charge in [0.2, 0.25) is 0 Å². The van der Waals surface area contributed by atoms with Gasteiger partial charge < -0.3 is 5.11 Å². The van der Waals surface area contributed by atoms with Crippen molar-refractivity contribution in [2.45, 2.75) is 20.3 Å². The Bertz CT molecular complexity index is 949. The van der Waals surface area contributed by atoms with Crippen LogP contribution in [0.1, 0.15) is 32.9 Å². The molecule has 0 fully saturated rings. The van der Waals surface area contributed by atoms with Crippen molar-refractivity contribution in [1.82, 2.24) is 9.78 Å². The minimum atomic E-state index is -0.918. The SMILES string of the molecule is Cc1nn(-c2ccc(Br)c(Cl)c2)c(C)c1Cc1ccc(C(=O)O)cc1. The molecule has 0 radical (unpaired) electrons. The predicted molar refractivity (Wildman–Crippen MR) is 102 cm³/mol. The Morgan fingerprint density at radius 3 is 2.48 bits per heavy atom. The lowest BCUT2D eigenvalue weighted by molar-refractivity contribution is 0.0697. The maximum Gasteiger partial charge on any atom is 0.335 e. The Labute approximate surface area is 159 Å². The highest BCUT2D eigenvalue weighted by Crippen LogP contribution is 2.27. The van der Waals surface area contributed by atoms with Gasteiger partial charge in [-0.1, -0.05) is 23.7 Å². The van der Waals surface area contributed by atoms with Crippen molar-refractivity contribution in [2.24, 2.45) is 0 Å². The first-order valence-corrected chi connectivity index (χ1v) is 8.86. The zero-order valence-electron chi connectivity index (χ0n) is 13.8. The van der Waals surface area contributed by atoms with Crippen molar-refractivity contribution in [2.75, 3.05) is 0 Å². The molecule has 25 heavy (non-hydrogen) atoms. The fourth-order valence-corrected chi connectivity index (χ4v) is 3.19. The van der Waals surface area contributed by atoms with Crippen LogP contribution in [-0.4, -0.2) is 20.9 Å². The Morgan fingerprint density at radius 2 is 1.88 bits per heavy atom. The molecular formula is C19H16BrClN2O2. The number of aromatic nitrogens is 2. The van der Waals surface area contributed by atoms with Gasteiger partial charge in [0.1, 0.15) is 0 Å². The van der Waals surface area contributed by atoms with Crippen LogP contribution in [0.2, 0.25) is 5.02 Å². The molecule has 4 nitrogen and oxygen atoms in total. The largest absolute Gasteiger partial charge is 0.478 e. The number of carbonyl (C=O) groups is 1. The van der Waals surface area contributed by atoms with Crippen molar-refractivity contribution in [3.05, 3.63) is 80.0 Å². The highest BCUT2D eigenvalue weighted by Gasteiger charge is 2.14. The van der Waals surface area contributed by atoms with Gasteiger partial charge in [-0.05, 0) is 65.7 Å². The molecule has 0 aliphatic carbocycles. The van der Waals surface area contributed by atoms with Crippen molar-refractivity contribution in [3.63, 3.8) is 0 Å². The number of carboxylic acids is 1. The van der Waals surface area contributed by atoms with Crippen LogP contribution in [0.4, 0.5) is 0 Å². The van der Waals surface area contributed by atoms with Crippen LogP contribution in [0.15, 0.2) is 46.9 Å². The smallest absolute Gasteiger partial charge is 0.335 e. The fraction of sp³-hybridized carbons (Fsp3) is 0.158. The molecular weight excluding hydrogens is 404 g/mol. The highest BCUT2D eigenvalue weighted by molar-refractivity contribution is 9.10. The van der Waals surface area contributed by atoms with E-state index in [1.54, 1.807) is 12.1 Å². The van der Waals surface area contributed by atoms with E-state index in [1.165, 1.54) is 0 Å². The van der Waals surface area contributed by atoms with Gasteiger partial charge in [-0.15, -0.1) is 0 Å². The molecule has 6 heteroatoms. The molecule has 0 saturated carbocycles. The van der Waals surface area contributed by atoms with Gasteiger partial charge in [0.15, 0.2) is 0 Å². The van der Waals surface area contributed by atoms with Crippen LogP contribution in [-0.2, 0) is 6.42 Å². The Hall–Kier alpha value is -2.11. The Balaban J connectivity index is 1.94. The predicted octanol–water partition coefficient (Wildman–Crippen LogP) is 5.19. The number of halogens is 2. The van der Waals surface area contributed by atoms with Crippen molar-refractivity contribution < 1.29 is 9.90 Å². The molecule has 128 valence electrons. The first-order valence-electron chi connectivity index (χ1n) is 7.69. The second kappa shape index (κ2) is 7.02. The first-order chi connectivity index (χ1) is 11.9. The van der Waals surface area contributed by atoms with Crippen molar-refractivity contribution in [3.8, 4) is 5.69 Å². The summed E-state index contributed by atoms with van der Waals surface area (Å²) in [7, 11) is 0. The maximum absolute atomic E-state index is 11.0. The number of rotatable bonds is 4. The normalized spacial score (nSPS) is 10.9. The minimum absolute atomic E-state index is 0.289. The third-order valence-corrected chi connectivity index (χ3v) is 5.40. The molecule has 0 saturated heterocycles. The number of nitrogens with zero attached hydrogens (tertiary/aromatic N) is 2. The van der Waals surface area contributed by atoms with E-state index in [0.717, 1.165) is 32.7 Å². The molecule has 0 spiro atoms. The van der Waals surface area contributed by atoms with Gasteiger partial charge >= 0.3 is 5.97 Å². The molecule has 0 atom stereocenters. The van der Waals surface area contributed by atoms with Crippen molar-refractivity contribution >= 4 is 33.5 Å². The molecule has 1 N–H and O–H groups in total. The summed E-state index contributed by atoms with van der Waals surface area (Å²) in [4.78, 5) is 11.0. The third kappa shape index (κ3) is 3.62. The molecule has 0 bridgehead atoms. The van der Waals surface area contributed by atoms with Gasteiger partial charge in [0.25, 0.3) is 0 Å². The lowest BCUT2D eigenvalue weighted by Crippen LogP contribution is -2.00. The standard InChI is InChI=1S/C19H16BrClN2O2/c1-11-16(9-13-3-5-14(6-4-13)19(24)25)12(2)23(22-11)15-7-8-17(20)18(21)10-15/h3-8,10H,9H2,1-2H3,(H,24,25). The lowest BCUT2D eigenvalue weighted by atomic mass is 10.0. The molecule has 2 aromatic carbocycles. The van der Waals surface area contributed by atoms with Gasteiger partial charge in [-0.3, -0.25) is 0 Å². The molecule has 0 amide bonds. The van der Waals surface area contributed by atoms with Crippen LogP contribution < -0.4 is 0 Å². The number of hydrogen-bond donors (Lipinski definition) is 1. The van der Waals surface area contributed by atoms with E-state index in [0.29, 0.717) is 11.4 Å². The summed E-state index contributed by atoms with van der Waals surface area (Å²) in [5.74, 6) is -0.918. The first kappa shape index (κ1) is 17.7. The van der Waals surface area contributed by atoms with Crippen LogP contribution in [0.3, 0.4) is 0 Å². The summed E-state index contributed by atoms with van der Waals surface area (Å²) >= 11 is 9.59. The number of benzene rings is 2. The summed E-state index contributed by atoms with van der Waals surface area (Å²) in [6.45, 7) is 4.00. The molecule has 0 unspecified atom stereocenters.